The average molecular weight is 820 g/mol. The minimum absolute atomic E-state index is 0.0234. The molecule has 0 aliphatic heterocycles. The Kier molecular flexibility index (Phi) is 22.7. The number of ketones is 1. The van der Waals surface area contributed by atoms with E-state index in [0.29, 0.717) is 35.5 Å². The summed E-state index contributed by atoms with van der Waals surface area (Å²) in [4.78, 5) is 48.5. The summed E-state index contributed by atoms with van der Waals surface area (Å²) in [6, 6.07) is 5.49. The maximum absolute atomic E-state index is 13.8. The van der Waals surface area contributed by atoms with E-state index in [4.69, 9.17) is 0 Å². The molecule has 0 saturated heterocycles. The van der Waals surface area contributed by atoms with Crippen molar-refractivity contribution in [2.75, 3.05) is 37.7 Å². The van der Waals surface area contributed by atoms with Crippen LogP contribution in [0.5, 0.6) is 0 Å². The molecule has 0 aliphatic carbocycles. The number of nitrogens with zero attached hydrogens (tertiary/aromatic N) is 4. The number of benzene rings is 1. The number of hydrogen-bond acceptors (Lipinski definition) is 8. The lowest BCUT2D eigenvalue weighted by molar-refractivity contribution is -0.130. The van der Waals surface area contributed by atoms with Gasteiger partial charge in [0.2, 0.25) is 27.8 Å². The van der Waals surface area contributed by atoms with Gasteiger partial charge in [0.25, 0.3) is 0 Å². The summed E-state index contributed by atoms with van der Waals surface area (Å²) in [5.41, 5.74) is 1.66. The fourth-order valence-electron chi connectivity index (χ4n) is 5.45. The van der Waals surface area contributed by atoms with Gasteiger partial charge < -0.3 is 15.3 Å². The monoisotopic (exact) mass is 819 g/mol. The lowest BCUT2D eigenvalue weighted by Gasteiger charge is -2.20. The predicted octanol–water partition coefficient (Wildman–Crippen LogP) is 8.02. The van der Waals surface area contributed by atoms with Gasteiger partial charge in [-0.1, -0.05) is 81.5 Å². The molecule has 1 aromatic heterocycles. The molecule has 0 fully saturated rings. The van der Waals surface area contributed by atoms with Gasteiger partial charge in [0.05, 0.1) is 30.2 Å². The van der Waals surface area contributed by atoms with Gasteiger partial charge in [0, 0.05) is 51.2 Å². The molecule has 0 bridgehead atoms. The van der Waals surface area contributed by atoms with E-state index >= 15 is 0 Å². The molecule has 2 rings (SSSR count). The predicted molar refractivity (Wildman–Crippen MR) is 233 cm³/mol. The van der Waals surface area contributed by atoms with Crippen LogP contribution in [0.1, 0.15) is 102 Å². The van der Waals surface area contributed by atoms with Crippen LogP contribution in [0.4, 0.5) is 10.3 Å². The van der Waals surface area contributed by atoms with Crippen molar-refractivity contribution in [3.63, 3.8) is 0 Å². The first-order valence-electron chi connectivity index (χ1n) is 19.9. The highest BCUT2D eigenvalue weighted by Crippen LogP contribution is 2.31. The van der Waals surface area contributed by atoms with E-state index in [2.05, 4.69) is 83.0 Å². The lowest BCUT2D eigenvalue weighted by Crippen LogP contribution is -2.37. The molecule has 0 saturated carbocycles. The largest absolute Gasteiger partial charge is 0.392 e. The van der Waals surface area contributed by atoms with Crippen LogP contribution in [0.25, 0.3) is 17.3 Å². The van der Waals surface area contributed by atoms with E-state index in [1.807, 2.05) is 13.8 Å². The smallest absolute Gasteiger partial charge is 0.239 e. The second-order valence-electron chi connectivity index (χ2n) is 14.2. The van der Waals surface area contributed by atoms with Crippen molar-refractivity contribution in [2.45, 2.75) is 97.0 Å². The summed E-state index contributed by atoms with van der Waals surface area (Å²) in [7, 11) is -0.694. The number of sulfonamides is 1. The van der Waals surface area contributed by atoms with Crippen LogP contribution in [-0.2, 0) is 24.4 Å². The molecule has 1 aromatic carbocycles. The van der Waals surface area contributed by atoms with Crippen molar-refractivity contribution in [2.24, 2.45) is 0 Å². The first-order chi connectivity index (χ1) is 27.6. The Morgan fingerprint density at radius 1 is 0.862 bits per heavy atom. The molecule has 0 unspecified atom stereocenters. The molecule has 316 valence electrons. The third kappa shape index (κ3) is 19.4. The van der Waals surface area contributed by atoms with Gasteiger partial charge in [-0.05, 0) is 87.3 Å². The van der Waals surface area contributed by atoms with E-state index < -0.39 is 33.6 Å². The van der Waals surface area contributed by atoms with Gasteiger partial charge in [-0.25, -0.2) is 27.1 Å². The number of carbonyl (C=O) groups excluding carboxylic acids is 3. The quantitative estimate of drug-likeness (QED) is 0.0551. The van der Waals surface area contributed by atoms with E-state index in [0.717, 1.165) is 55.5 Å². The maximum atomic E-state index is 13.8. The summed E-state index contributed by atoms with van der Waals surface area (Å²) in [5, 5.41) is 13.2. The van der Waals surface area contributed by atoms with Crippen LogP contribution >= 0.6 is 0 Å². The van der Waals surface area contributed by atoms with Gasteiger partial charge in [-0.15, -0.1) is 0 Å². The zero-order valence-electron chi connectivity index (χ0n) is 34.9. The summed E-state index contributed by atoms with van der Waals surface area (Å²) in [6.45, 7) is 6.34. The van der Waals surface area contributed by atoms with Crippen LogP contribution < -0.4 is 9.62 Å². The first kappa shape index (κ1) is 49.1. The van der Waals surface area contributed by atoms with E-state index in [1.54, 1.807) is 11.9 Å². The second-order valence-corrected chi connectivity index (χ2v) is 16.2. The van der Waals surface area contributed by atoms with Gasteiger partial charge in [0.1, 0.15) is 5.82 Å². The number of hydrogen-bond donors (Lipinski definition) is 2. The van der Waals surface area contributed by atoms with Crippen LogP contribution in [-0.4, -0.2) is 85.5 Å². The van der Waals surface area contributed by atoms with Crippen LogP contribution in [0.15, 0.2) is 91.1 Å². The molecule has 1 heterocycles. The van der Waals surface area contributed by atoms with Crippen molar-refractivity contribution >= 4 is 39.6 Å². The number of likely N-dealkylation sites (N-methyl/N-ethyl adjacent to an activating group) is 1. The molecule has 58 heavy (non-hydrogen) atoms. The highest BCUT2D eigenvalue weighted by Gasteiger charge is 2.23. The Hall–Kier alpha value is -5.01. The van der Waals surface area contributed by atoms with Gasteiger partial charge >= 0.3 is 0 Å². The zero-order chi connectivity index (χ0) is 42.9. The second kappa shape index (κ2) is 26.8. The van der Waals surface area contributed by atoms with Crippen LogP contribution in [0.2, 0.25) is 0 Å². The summed E-state index contributed by atoms with van der Waals surface area (Å²) >= 11 is 0. The first-order valence-corrected chi connectivity index (χ1v) is 21.7. The number of unbranched alkanes of at least 4 members (excludes halogenated alkanes) is 1. The molecule has 2 amide bonds. The van der Waals surface area contributed by atoms with E-state index in [1.165, 1.54) is 43.5 Å². The van der Waals surface area contributed by atoms with Crippen molar-refractivity contribution in [1.82, 2.24) is 20.2 Å². The number of amides is 2. The third-order valence-electron chi connectivity index (χ3n) is 8.81. The maximum Gasteiger partial charge on any atom is 0.239 e. The fourth-order valence-corrected chi connectivity index (χ4v) is 5.83. The minimum Gasteiger partial charge on any atom is -0.392 e. The van der Waals surface area contributed by atoms with Crippen LogP contribution in [0, 0.1) is 5.82 Å². The SMILES string of the molecule is CC/C=C\C/C=C\C/C=C\C/C=C\C/C=C\CCCC(=O)N(C)CCNC(=O)C[C@H](O)CC(=O)/C=C/c1c(-c2ccc(F)cc2)nc(N(C)S(C)(=O)=O)nc1C(C)C. The molecule has 0 spiro atoms. The van der Waals surface area contributed by atoms with Crippen molar-refractivity contribution in [3.05, 3.63) is 108 Å². The molecule has 11 nitrogen and oxygen atoms in total. The lowest BCUT2D eigenvalue weighted by atomic mass is 9.97. The third-order valence-corrected chi connectivity index (χ3v) is 9.97. The number of aliphatic hydroxyl groups excluding tert-OH is 1. The summed E-state index contributed by atoms with van der Waals surface area (Å²) < 4.78 is 39.3. The molecular formula is C45H62FN5O6S. The Bertz CT molecular complexity index is 1900. The Balaban J connectivity index is 1.79. The minimum atomic E-state index is -3.70. The number of halogens is 1. The van der Waals surface area contributed by atoms with Gasteiger partial charge in [-0.2, -0.15) is 0 Å². The summed E-state index contributed by atoms with van der Waals surface area (Å²) in [5.74, 6) is -1.71. The number of rotatable bonds is 26. The highest BCUT2D eigenvalue weighted by molar-refractivity contribution is 7.92. The number of allylic oxidation sites excluding steroid dienone is 11. The molecule has 13 heteroatoms. The van der Waals surface area contributed by atoms with Gasteiger partial charge in [-0.3, -0.25) is 14.4 Å². The summed E-state index contributed by atoms with van der Waals surface area (Å²) in [6.07, 6.45) is 30.0. The van der Waals surface area contributed by atoms with Crippen molar-refractivity contribution in [3.8, 4) is 11.3 Å². The zero-order valence-corrected chi connectivity index (χ0v) is 35.8. The van der Waals surface area contributed by atoms with Crippen LogP contribution in [0.3, 0.4) is 0 Å². The highest BCUT2D eigenvalue weighted by atomic mass is 32.2. The fraction of sp³-hybridized carbons (Fsp3) is 0.444. The number of carbonyl (C=O) groups is 3. The molecule has 2 N–H and O–H groups in total. The number of nitrogens with one attached hydrogen (secondary N) is 1. The Morgan fingerprint density at radius 3 is 1.98 bits per heavy atom. The molecule has 1 atom stereocenters. The Morgan fingerprint density at radius 2 is 1.43 bits per heavy atom. The molecule has 2 aromatic rings. The van der Waals surface area contributed by atoms with E-state index in [-0.39, 0.29) is 37.2 Å². The van der Waals surface area contributed by atoms with Crippen molar-refractivity contribution < 1.29 is 32.3 Å². The number of anilines is 1. The number of aromatic nitrogens is 2. The normalized spacial score (nSPS) is 13.0. The molecule has 0 aliphatic rings. The standard InChI is InChI=1S/C45H62FN5O6S/c1-7-8-9-10-11-12-13-14-15-16-17-18-19-20-21-22-23-24-42(55)50(4)32-31-47-41(54)34-39(53)33-38(52)29-30-40-43(35(2)3)48-45(51(5)58(6,56)57)49-44(40)36-25-27-37(46)28-26-36/h8-9,11-12,14-15,17-18,20-21,25-30,35,39,53H,7,10,13,16,19,22-24,31-34H2,1-6H3,(H,47,54)/b9-8-,12-11-,15-14-,18-17-,21-20-,30-29+/t39-/m1/s1. The topological polar surface area (TPSA) is 150 Å². The van der Waals surface area contributed by atoms with Gasteiger partial charge in [0.15, 0.2) is 5.78 Å². The Labute approximate surface area is 345 Å². The number of aliphatic hydroxyl groups is 1. The van der Waals surface area contributed by atoms with E-state index in [9.17, 15) is 32.3 Å². The average Bonchev–Trinajstić information content (AvgIpc) is 3.17. The van der Waals surface area contributed by atoms with Crippen molar-refractivity contribution in [1.29, 1.82) is 0 Å². The molecule has 0 radical (unpaired) electrons. The molecular weight excluding hydrogens is 758 g/mol.